The maximum absolute atomic E-state index is 9.55. The second-order valence-corrected chi connectivity index (χ2v) is 7.81. The van der Waals surface area contributed by atoms with Gasteiger partial charge in [-0.3, -0.25) is 4.90 Å². The van der Waals surface area contributed by atoms with Gasteiger partial charge in [0.25, 0.3) is 0 Å². The van der Waals surface area contributed by atoms with Gasteiger partial charge >= 0.3 is 11.9 Å². The van der Waals surface area contributed by atoms with Crippen LogP contribution in [-0.2, 0) is 16.1 Å². The molecule has 1 saturated heterocycles. The van der Waals surface area contributed by atoms with Gasteiger partial charge < -0.3 is 15.5 Å². The zero-order valence-corrected chi connectivity index (χ0v) is 17.7. The van der Waals surface area contributed by atoms with Gasteiger partial charge in [0.1, 0.15) is 0 Å². The summed E-state index contributed by atoms with van der Waals surface area (Å²) < 4.78 is 0. The van der Waals surface area contributed by atoms with E-state index in [1.54, 1.807) is 0 Å². The van der Waals surface area contributed by atoms with Crippen LogP contribution >= 0.6 is 23.2 Å². The van der Waals surface area contributed by atoms with Crippen molar-refractivity contribution >= 4 is 35.1 Å². The first-order valence-corrected chi connectivity index (χ1v) is 9.97. The molecule has 0 aliphatic carbocycles. The molecule has 1 aliphatic rings. The summed E-state index contributed by atoms with van der Waals surface area (Å²) in [5, 5.41) is 20.4. The molecule has 1 heterocycles. The van der Waals surface area contributed by atoms with Crippen molar-refractivity contribution in [1.82, 2.24) is 10.2 Å². The molecule has 0 unspecified atom stereocenters. The van der Waals surface area contributed by atoms with Crippen LogP contribution in [0.1, 0.15) is 32.3 Å². The number of hydrogen-bond acceptors (Lipinski definition) is 4. The summed E-state index contributed by atoms with van der Waals surface area (Å²) in [4.78, 5) is 21.7. The Kier molecular flexibility index (Phi) is 11.2. The third-order valence-corrected chi connectivity index (χ3v) is 5.06. The highest BCUT2D eigenvalue weighted by Gasteiger charge is 2.22. The van der Waals surface area contributed by atoms with E-state index in [0.29, 0.717) is 34.2 Å². The number of nitrogens with one attached hydrogen (secondary N) is 1. The summed E-state index contributed by atoms with van der Waals surface area (Å²) in [5.74, 6) is -1.86. The first-order valence-electron chi connectivity index (χ1n) is 9.22. The SMILES string of the molecule is CC(C)CN(Cc1cccc(Cl)c1Cl)C1CCNCC1.O=C(O)/C=C/C(=O)O. The lowest BCUT2D eigenvalue weighted by Crippen LogP contribution is -2.44. The van der Waals surface area contributed by atoms with Gasteiger partial charge in [-0.25, -0.2) is 9.59 Å². The van der Waals surface area contributed by atoms with Crippen LogP contribution in [0.25, 0.3) is 0 Å². The van der Waals surface area contributed by atoms with E-state index in [-0.39, 0.29) is 0 Å². The average molecular weight is 431 g/mol. The van der Waals surface area contributed by atoms with Gasteiger partial charge in [0.15, 0.2) is 0 Å². The number of carboxylic acids is 2. The van der Waals surface area contributed by atoms with Gasteiger partial charge in [0, 0.05) is 31.3 Å². The van der Waals surface area contributed by atoms with Crippen molar-refractivity contribution in [3.05, 3.63) is 46.0 Å². The Labute approximate surface area is 176 Å². The molecule has 3 N–H and O–H groups in total. The minimum atomic E-state index is -1.26. The lowest BCUT2D eigenvalue weighted by atomic mass is 10.0. The second-order valence-electron chi connectivity index (χ2n) is 7.03. The number of piperidine rings is 1. The highest BCUT2D eigenvalue weighted by molar-refractivity contribution is 6.42. The van der Waals surface area contributed by atoms with Gasteiger partial charge in [0.2, 0.25) is 0 Å². The summed E-state index contributed by atoms with van der Waals surface area (Å²) in [6.07, 6.45) is 3.54. The number of carbonyl (C=O) groups is 2. The van der Waals surface area contributed by atoms with Crippen molar-refractivity contribution in [1.29, 1.82) is 0 Å². The molecule has 1 aromatic carbocycles. The number of carboxylic acid groups (broad SMARTS) is 2. The van der Waals surface area contributed by atoms with Crippen molar-refractivity contribution in [3.8, 4) is 0 Å². The van der Waals surface area contributed by atoms with Gasteiger partial charge in [-0.15, -0.1) is 0 Å². The number of hydrogen-bond donors (Lipinski definition) is 3. The van der Waals surface area contributed by atoms with E-state index in [2.05, 4.69) is 30.1 Å². The zero-order valence-electron chi connectivity index (χ0n) is 16.2. The van der Waals surface area contributed by atoms with E-state index in [9.17, 15) is 9.59 Å². The molecule has 0 bridgehead atoms. The van der Waals surface area contributed by atoms with E-state index >= 15 is 0 Å². The van der Waals surface area contributed by atoms with E-state index in [1.165, 1.54) is 12.8 Å². The molecule has 0 amide bonds. The van der Waals surface area contributed by atoms with Gasteiger partial charge in [-0.1, -0.05) is 49.2 Å². The molecule has 0 atom stereocenters. The summed E-state index contributed by atoms with van der Waals surface area (Å²) in [5.41, 5.74) is 1.14. The molecule has 1 aromatic rings. The Bertz CT molecular complexity index is 658. The van der Waals surface area contributed by atoms with E-state index in [4.69, 9.17) is 33.4 Å². The minimum absolute atomic E-state index is 0.558. The molecule has 156 valence electrons. The summed E-state index contributed by atoms with van der Waals surface area (Å²) in [6.45, 7) is 8.77. The Morgan fingerprint density at radius 3 is 2.25 bits per heavy atom. The fourth-order valence-corrected chi connectivity index (χ4v) is 3.40. The first kappa shape index (κ1) is 24.4. The standard InChI is InChI=1S/C16H24Cl2N2.C4H4O4/c1-12(2)10-20(14-6-8-19-9-7-14)11-13-4-3-5-15(17)16(13)18;5-3(6)1-2-4(7)8/h3-5,12,14,19H,6-11H2,1-2H3;1-2H,(H,5,6)(H,7,8)/b;2-1+. The summed E-state index contributed by atoms with van der Waals surface area (Å²) >= 11 is 12.5. The fraction of sp³-hybridized carbons (Fsp3) is 0.500. The molecule has 0 spiro atoms. The number of halogens is 2. The van der Waals surface area contributed by atoms with Gasteiger partial charge in [-0.2, -0.15) is 0 Å². The highest BCUT2D eigenvalue weighted by Crippen LogP contribution is 2.28. The Morgan fingerprint density at radius 1 is 1.18 bits per heavy atom. The number of rotatable bonds is 7. The largest absolute Gasteiger partial charge is 0.478 e. The molecule has 6 nitrogen and oxygen atoms in total. The average Bonchev–Trinajstić information content (AvgIpc) is 2.64. The summed E-state index contributed by atoms with van der Waals surface area (Å²) in [7, 11) is 0. The molecular weight excluding hydrogens is 403 g/mol. The molecule has 1 fully saturated rings. The summed E-state index contributed by atoms with van der Waals surface area (Å²) in [6, 6.07) is 6.57. The van der Waals surface area contributed by atoms with E-state index in [0.717, 1.165) is 31.7 Å². The van der Waals surface area contributed by atoms with Crippen molar-refractivity contribution in [2.24, 2.45) is 5.92 Å². The van der Waals surface area contributed by atoms with Crippen LogP contribution in [0.4, 0.5) is 0 Å². The molecule has 0 saturated carbocycles. The van der Waals surface area contributed by atoms with E-state index in [1.807, 2.05) is 12.1 Å². The lowest BCUT2D eigenvalue weighted by Gasteiger charge is -2.36. The third-order valence-electron chi connectivity index (χ3n) is 4.20. The van der Waals surface area contributed by atoms with Crippen LogP contribution in [0, 0.1) is 5.92 Å². The predicted molar refractivity (Wildman–Crippen MR) is 112 cm³/mol. The maximum Gasteiger partial charge on any atom is 0.328 e. The highest BCUT2D eigenvalue weighted by atomic mass is 35.5. The number of nitrogens with zero attached hydrogens (tertiary/aromatic N) is 1. The number of benzene rings is 1. The predicted octanol–water partition coefficient (Wildman–Crippen LogP) is 3.92. The monoisotopic (exact) mass is 430 g/mol. The smallest absolute Gasteiger partial charge is 0.328 e. The quantitative estimate of drug-likeness (QED) is 0.567. The first-order chi connectivity index (χ1) is 13.2. The zero-order chi connectivity index (χ0) is 21.1. The maximum atomic E-state index is 9.55. The van der Waals surface area contributed by atoms with Crippen LogP contribution in [0.5, 0.6) is 0 Å². The second kappa shape index (κ2) is 12.8. The normalized spacial score (nSPS) is 14.9. The fourth-order valence-electron chi connectivity index (χ4n) is 3.02. The number of aliphatic carboxylic acids is 2. The molecule has 2 rings (SSSR count). The Morgan fingerprint density at radius 2 is 1.75 bits per heavy atom. The van der Waals surface area contributed by atoms with Crippen LogP contribution in [0.3, 0.4) is 0 Å². The molecule has 0 aromatic heterocycles. The van der Waals surface area contributed by atoms with Crippen LogP contribution in [-0.4, -0.2) is 52.7 Å². The Hall–Kier alpha value is -1.60. The van der Waals surface area contributed by atoms with Crippen molar-refractivity contribution in [2.45, 2.75) is 39.3 Å². The van der Waals surface area contributed by atoms with Gasteiger partial charge in [-0.05, 0) is 43.5 Å². The third kappa shape index (κ3) is 9.55. The van der Waals surface area contributed by atoms with Crippen molar-refractivity contribution in [3.63, 3.8) is 0 Å². The molecule has 8 heteroatoms. The van der Waals surface area contributed by atoms with Gasteiger partial charge in [0.05, 0.1) is 10.0 Å². The van der Waals surface area contributed by atoms with Crippen LogP contribution in [0.2, 0.25) is 10.0 Å². The van der Waals surface area contributed by atoms with Crippen LogP contribution < -0.4 is 5.32 Å². The van der Waals surface area contributed by atoms with Crippen molar-refractivity contribution < 1.29 is 19.8 Å². The molecule has 0 radical (unpaired) electrons. The minimum Gasteiger partial charge on any atom is -0.478 e. The topological polar surface area (TPSA) is 89.9 Å². The van der Waals surface area contributed by atoms with Crippen LogP contribution in [0.15, 0.2) is 30.4 Å². The Balaban J connectivity index is 0.000000416. The van der Waals surface area contributed by atoms with Crippen molar-refractivity contribution in [2.75, 3.05) is 19.6 Å². The molecule has 28 heavy (non-hydrogen) atoms. The molecule has 1 aliphatic heterocycles. The van der Waals surface area contributed by atoms with E-state index < -0.39 is 11.9 Å². The lowest BCUT2D eigenvalue weighted by molar-refractivity contribution is -0.134. The molecular formula is C20H28Cl2N2O4.